The number of hydrogen-bond acceptors (Lipinski definition) is 5. The van der Waals surface area contributed by atoms with Crippen molar-refractivity contribution in [2.45, 2.75) is 57.0 Å². The summed E-state index contributed by atoms with van der Waals surface area (Å²) in [6.07, 6.45) is 2.40. The third-order valence-electron chi connectivity index (χ3n) is 2.41. The van der Waals surface area contributed by atoms with Crippen molar-refractivity contribution in [2.24, 2.45) is 0 Å². The molecule has 6 heteroatoms. The zero-order chi connectivity index (χ0) is 13.8. The van der Waals surface area contributed by atoms with E-state index in [2.05, 4.69) is 31.0 Å². The van der Waals surface area contributed by atoms with E-state index >= 15 is 0 Å². The predicted octanol–water partition coefficient (Wildman–Crippen LogP) is 2.47. The molecule has 0 spiro atoms. The summed E-state index contributed by atoms with van der Waals surface area (Å²) < 4.78 is 7.02. The van der Waals surface area contributed by atoms with Gasteiger partial charge in [0.2, 0.25) is 0 Å². The third kappa shape index (κ3) is 3.73. The summed E-state index contributed by atoms with van der Waals surface area (Å²) in [6, 6.07) is 0. The molecule has 0 aliphatic rings. The molecule has 1 aromatic heterocycles. The SMILES string of the molecule is CCOC(=O)[C@H](CC)Sc1nncn1C(C)(C)C. The van der Waals surface area contributed by atoms with Gasteiger partial charge in [0.15, 0.2) is 5.16 Å². The highest BCUT2D eigenvalue weighted by atomic mass is 32.2. The lowest BCUT2D eigenvalue weighted by atomic mass is 10.1. The van der Waals surface area contributed by atoms with E-state index in [9.17, 15) is 4.79 Å². The summed E-state index contributed by atoms with van der Waals surface area (Å²) in [5, 5.41) is 8.53. The fourth-order valence-corrected chi connectivity index (χ4v) is 2.54. The summed E-state index contributed by atoms with van der Waals surface area (Å²) in [6.45, 7) is 10.4. The smallest absolute Gasteiger partial charge is 0.319 e. The van der Waals surface area contributed by atoms with E-state index < -0.39 is 0 Å². The highest BCUT2D eigenvalue weighted by Gasteiger charge is 2.25. The Hall–Kier alpha value is -1.04. The number of hydrogen-bond donors (Lipinski definition) is 0. The lowest BCUT2D eigenvalue weighted by Gasteiger charge is -2.23. The molecule has 5 nitrogen and oxygen atoms in total. The fourth-order valence-electron chi connectivity index (χ4n) is 1.43. The number of esters is 1. The Kier molecular flexibility index (Phi) is 5.19. The Bertz CT molecular complexity index is 398. The van der Waals surface area contributed by atoms with E-state index in [-0.39, 0.29) is 16.8 Å². The van der Waals surface area contributed by atoms with Crippen molar-refractivity contribution in [3.05, 3.63) is 6.33 Å². The van der Waals surface area contributed by atoms with Crippen LogP contribution in [0.25, 0.3) is 0 Å². The Morgan fingerprint density at radius 2 is 2.17 bits per heavy atom. The van der Waals surface area contributed by atoms with E-state index in [1.807, 2.05) is 18.4 Å². The minimum absolute atomic E-state index is 0.0984. The van der Waals surface area contributed by atoms with E-state index in [4.69, 9.17) is 4.74 Å². The first-order valence-corrected chi connectivity index (χ1v) is 7.01. The predicted molar refractivity (Wildman–Crippen MR) is 71.6 cm³/mol. The van der Waals surface area contributed by atoms with Gasteiger partial charge >= 0.3 is 5.97 Å². The number of carbonyl (C=O) groups is 1. The number of carbonyl (C=O) groups excluding carboxylic acids is 1. The first-order chi connectivity index (χ1) is 8.40. The molecule has 0 amide bonds. The number of nitrogens with zero attached hydrogens (tertiary/aromatic N) is 3. The quantitative estimate of drug-likeness (QED) is 0.608. The fraction of sp³-hybridized carbons (Fsp3) is 0.750. The summed E-state index contributed by atoms with van der Waals surface area (Å²) in [5.41, 5.74) is -0.0984. The van der Waals surface area contributed by atoms with Gasteiger partial charge in [-0.25, -0.2) is 0 Å². The second-order valence-electron chi connectivity index (χ2n) is 4.92. The highest BCUT2D eigenvalue weighted by molar-refractivity contribution is 8.00. The van der Waals surface area contributed by atoms with Crippen molar-refractivity contribution in [3.63, 3.8) is 0 Å². The van der Waals surface area contributed by atoms with Gasteiger partial charge in [-0.05, 0) is 34.1 Å². The molecule has 0 aromatic carbocycles. The maximum Gasteiger partial charge on any atom is 0.319 e. The van der Waals surface area contributed by atoms with Crippen LogP contribution in [-0.2, 0) is 15.1 Å². The minimum atomic E-state index is -0.227. The minimum Gasteiger partial charge on any atom is -0.465 e. The van der Waals surface area contributed by atoms with Gasteiger partial charge in [0.05, 0.1) is 6.61 Å². The number of thioether (sulfide) groups is 1. The Balaban J connectivity index is 2.83. The monoisotopic (exact) mass is 271 g/mol. The van der Waals surface area contributed by atoms with Crippen molar-refractivity contribution >= 4 is 17.7 Å². The molecule has 102 valence electrons. The molecule has 1 heterocycles. The van der Waals surface area contributed by atoms with Crippen LogP contribution in [-0.4, -0.2) is 32.6 Å². The summed E-state index contributed by atoms with van der Waals surface area (Å²) in [7, 11) is 0. The van der Waals surface area contributed by atoms with Crippen molar-refractivity contribution in [1.82, 2.24) is 14.8 Å². The number of ether oxygens (including phenoxy) is 1. The van der Waals surface area contributed by atoms with E-state index in [0.29, 0.717) is 13.0 Å². The van der Waals surface area contributed by atoms with Gasteiger partial charge in [-0.15, -0.1) is 10.2 Å². The van der Waals surface area contributed by atoms with Gasteiger partial charge in [0.25, 0.3) is 0 Å². The van der Waals surface area contributed by atoms with Crippen LogP contribution < -0.4 is 0 Å². The molecular weight excluding hydrogens is 250 g/mol. The molecule has 0 N–H and O–H groups in total. The maximum absolute atomic E-state index is 11.8. The van der Waals surface area contributed by atoms with E-state index in [1.54, 1.807) is 6.33 Å². The average Bonchev–Trinajstić information content (AvgIpc) is 2.73. The topological polar surface area (TPSA) is 57.0 Å². The Morgan fingerprint density at radius 1 is 1.50 bits per heavy atom. The van der Waals surface area contributed by atoms with Crippen LogP contribution >= 0.6 is 11.8 Å². The van der Waals surface area contributed by atoms with Gasteiger partial charge < -0.3 is 9.30 Å². The lowest BCUT2D eigenvalue weighted by Crippen LogP contribution is -2.24. The second kappa shape index (κ2) is 6.22. The maximum atomic E-state index is 11.8. The molecule has 1 rings (SSSR count). The van der Waals surface area contributed by atoms with Crippen LogP contribution in [0.3, 0.4) is 0 Å². The van der Waals surface area contributed by atoms with Gasteiger partial charge in [-0.2, -0.15) is 0 Å². The second-order valence-corrected chi connectivity index (χ2v) is 6.09. The van der Waals surface area contributed by atoms with E-state index in [1.165, 1.54) is 11.8 Å². The summed E-state index contributed by atoms with van der Waals surface area (Å²) in [4.78, 5) is 11.8. The average molecular weight is 271 g/mol. The molecule has 1 aromatic rings. The van der Waals surface area contributed by atoms with Gasteiger partial charge in [-0.3, -0.25) is 4.79 Å². The molecule has 0 fully saturated rings. The molecule has 0 unspecified atom stereocenters. The standard InChI is InChI=1S/C12H21N3O2S/c1-6-9(10(16)17-7-2)18-11-14-13-8-15(11)12(3,4)5/h8-9H,6-7H2,1-5H3/t9-/m0/s1. The first-order valence-electron chi connectivity index (χ1n) is 6.14. The highest BCUT2D eigenvalue weighted by Crippen LogP contribution is 2.28. The zero-order valence-corrected chi connectivity index (χ0v) is 12.5. The van der Waals surface area contributed by atoms with Crippen LogP contribution in [0.15, 0.2) is 11.5 Å². The van der Waals surface area contributed by atoms with Crippen molar-refractivity contribution in [3.8, 4) is 0 Å². The van der Waals surface area contributed by atoms with Crippen LogP contribution in [0.2, 0.25) is 0 Å². The molecule has 0 aliphatic carbocycles. The molecule has 0 radical (unpaired) electrons. The molecule has 0 saturated carbocycles. The van der Waals surface area contributed by atoms with Crippen LogP contribution in [0.5, 0.6) is 0 Å². The normalized spacial score (nSPS) is 13.4. The van der Waals surface area contributed by atoms with E-state index in [0.717, 1.165) is 5.16 Å². The molecular formula is C12H21N3O2S. The van der Waals surface area contributed by atoms with Gasteiger partial charge in [0, 0.05) is 5.54 Å². The van der Waals surface area contributed by atoms with Gasteiger partial charge in [0.1, 0.15) is 11.6 Å². The van der Waals surface area contributed by atoms with Crippen molar-refractivity contribution in [1.29, 1.82) is 0 Å². The summed E-state index contributed by atoms with van der Waals surface area (Å²) in [5.74, 6) is -0.187. The Labute approximate surface area is 112 Å². The number of aromatic nitrogens is 3. The number of rotatable bonds is 5. The molecule has 0 saturated heterocycles. The van der Waals surface area contributed by atoms with Gasteiger partial charge in [-0.1, -0.05) is 18.7 Å². The van der Waals surface area contributed by atoms with Crippen molar-refractivity contribution < 1.29 is 9.53 Å². The molecule has 18 heavy (non-hydrogen) atoms. The third-order valence-corrected chi connectivity index (χ3v) is 3.71. The van der Waals surface area contributed by atoms with Crippen LogP contribution in [0.4, 0.5) is 0 Å². The molecule has 1 atom stereocenters. The van der Waals surface area contributed by atoms with Crippen molar-refractivity contribution in [2.75, 3.05) is 6.61 Å². The molecule has 0 bridgehead atoms. The largest absolute Gasteiger partial charge is 0.465 e. The summed E-state index contributed by atoms with van der Waals surface area (Å²) >= 11 is 1.41. The first kappa shape index (κ1) is 15.0. The molecule has 0 aliphatic heterocycles. The lowest BCUT2D eigenvalue weighted by molar-refractivity contribution is -0.142. The van der Waals surface area contributed by atoms with Crippen LogP contribution in [0.1, 0.15) is 41.0 Å². The Morgan fingerprint density at radius 3 is 2.67 bits per heavy atom. The van der Waals surface area contributed by atoms with Crippen LogP contribution in [0, 0.1) is 0 Å². The zero-order valence-electron chi connectivity index (χ0n) is 11.6.